The maximum absolute atomic E-state index is 15.1. The summed E-state index contributed by atoms with van der Waals surface area (Å²) in [5, 5.41) is 6.40. The molecule has 2 aromatic heterocycles. The molecule has 2 unspecified atom stereocenters. The molecular formula is C28H32ClF4N7O3. The predicted molar refractivity (Wildman–Crippen MR) is 155 cm³/mol. The van der Waals surface area contributed by atoms with Crippen LogP contribution in [0.2, 0.25) is 5.02 Å². The van der Waals surface area contributed by atoms with Gasteiger partial charge in [0.1, 0.15) is 5.02 Å². The number of pyridine rings is 1. The number of amides is 1. The number of likely N-dealkylation sites (N-methyl/N-ethyl adjacent to an activating group) is 1. The Labute approximate surface area is 250 Å². The number of aryl methyl sites for hydroxylation is 1. The standard InChI is InChI=1S/C28H32ClF4N7O3/c1-16-11-40(12-18(28(16,32)33)6-7-39-14-27(30,31)15-39)26-35-10-20(29)24(37-26)36-19-4-5-21-17(8-19)9-22(25(42)38(21)3)43-13-23(41)34-2/h4-5,8-10,16,18H,6-7,11-15H2,1-3H3,(H,34,41)(H,35,36,37). The van der Waals surface area contributed by atoms with Crippen molar-refractivity contribution in [3.8, 4) is 5.75 Å². The molecule has 43 heavy (non-hydrogen) atoms. The first-order chi connectivity index (χ1) is 20.3. The summed E-state index contributed by atoms with van der Waals surface area (Å²) in [6, 6.07) is 6.74. The summed E-state index contributed by atoms with van der Waals surface area (Å²) >= 11 is 6.40. The van der Waals surface area contributed by atoms with Gasteiger partial charge in [0.2, 0.25) is 5.95 Å². The second-order valence-electron chi connectivity index (χ2n) is 11.1. The van der Waals surface area contributed by atoms with Crippen LogP contribution >= 0.6 is 11.6 Å². The van der Waals surface area contributed by atoms with Crippen molar-refractivity contribution in [3.05, 3.63) is 45.8 Å². The van der Waals surface area contributed by atoms with Crippen molar-refractivity contribution < 1.29 is 27.1 Å². The topological polar surface area (TPSA) is 105 Å². The first kappa shape index (κ1) is 30.8. The van der Waals surface area contributed by atoms with Crippen molar-refractivity contribution in [1.82, 2.24) is 24.8 Å². The number of fused-ring (bicyclic) bond motifs is 1. The van der Waals surface area contributed by atoms with Crippen LogP contribution in [0.5, 0.6) is 5.75 Å². The number of likely N-dealkylation sites (tertiary alicyclic amines) is 1. The molecule has 5 rings (SSSR count). The van der Waals surface area contributed by atoms with Gasteiger partial charge in [0.25, 0.3) is 23.3 Å². The third-order valence-electron chi connectivity index (χ3n) is 7.95. The van der Waals surface area contributed by atoms with E-state index in [1.165, 1.54) is 35.7 Å². The van der Waals surface area contributed by atoms with Gasteiger partial charge in [-0.25, -0.2) is 22.5 Å². The van der Waals surface area contributed by atoms with Crippen LogP contribution in [-0.4, -0.2) is 83.6 Å². The fraction of sp³-hybridized carbons (Fsp3) is 0.500. The number of nitrogens with zero attached hydrogens (tertiary/aromatic N) is 5. The monoisotopic (exact) mass is 625 g/mol. The van der Waals surface area contributed by atoms with Gasteiger partial charge in [-0.1, -0.05) is 18.5 Å². The molecule has 1 amide bonds. The molecule has 232 valence electrons. The van der Waals surface area contributed by atoms with Crippen LogP contribution in [0.4, 0.5) is 35.0 Å². The number of alkyl halides is 4. The lowest BCUT2D eigenvalue weighted by atomic mass is 9.83. The average Bonchev–Trinajstić information content (AvgIpc) is 2.94. The van der Waals surface area contributed by atoms with Crippen molar-refractivity contribution in [1.29, 1.82) is 0 Å². The maximum Gasteiger partial charge on any atom is 0.293 e. The zero-order valence-electron chi connectivity index (χ0n) is 23.8. The molecular weight excluding hydrogens is 594 g/mol. The Morgan fingerprint density at radius 1 is 1.19 bits per heavy atom. The van der Waals surface area contributed by atoms with Gasteiger partial charge in [0.05, 0.1) is 24.8 Å². The smallest absolute Gasteiger partial charge is 0.293 e. The first-order valence-corrected chi connectivity index (χ1v) is 14.1. The molecule has 4 heterocycles. The Balaban J connectivity index is 1.34. The number of hydrogen-bond acceptors (Lipinski definition) is 8. The minimum Gasteiger partial charge on any atom is -0.478 e. The van der Waals surface area contributed by atoms with Gasteiger partial charge < -0.3 is 24.8 Å². The average molecular weight is 626 g/mol. The highest BCUT2D eigenvalue weighted by molar-refractivity contribution is 6.32. The number of aromatic nitrogens is 3. The van der Waals surface area contributed by atoms with Crippen LogP contribution in [0.3, 0.4) is 0 Å². The zero-order valence-corrected chi connectivity index (χ0v) is 24.6. The van der Waals surface area contributed by atoms with Crippen LogP contribution in [0.15, 0.2) is 35.3 Å². The summed E-state index contributed by atoms with van der Waals surface area (Å²) in [7, 11) is 3.05. The number of benzene rings is 1. The van der Waals surface area contributed by atoms with Gasteiger partial charge in [-0.15, -0.1) is 0 Å². The van der Waals surface area contributed by atoms with Crippen molar-refractivity contribution in [2.75, 3.05) is 56.6 Å². The molecule has 0 spiro atoms. The van der Waals surface area contributed by atoms with Crippen LogP contribution in [-0.2, 0) is 11.8 Å². The van der Waals surface area contributed by atoms with Gasteiger partial charge in [-0.3, -0.25) is 14.5 Å². The Kier molecular flexibility index (Phi) is 8.45. The fourth-order valence-corrected chi connectivity index (χ4v) is 5.59. The molecule has 2 N–H and O–H groups in total. The van der Waals surface area contributed by atoms with E-state index >= 15 is 8.78 Å². The van der Waals surface area contributed by atoms with E-state index in [0.29, 0.717) is 16.6 Å². The highest BCUT2D eigenvalue weighted by Crippen LogP contribution is 2.41. The van der Waals surface area contributed by atoms with E-state index in [1.54, 1.807) is 30.1 Å². The fourth-order valence-electron chi connectivity index (χ4n) is 5.45. The van der Waals surface area contributed by atoms with E-state index in [4.69, 9.17) is 16.3 Å². The zero-order chi connectivity index (χ0) is 31.1. The first-order valence-electron chi connectivity index (χ1n) is 13.8. The summed E-state index contributed by atoms with van der Waals surface area (Å²) in [6.45, 7) is 0.466. The number of anilines is 3. The van der Waals surface area contributed by atoms with Crippen molar-refractivity contribution in [2.45, 2.75) is 25.2 Å². The largest absolute Gasteiger partial charge is 0.478 e. The maximum atomic E-state index is 15.1. The molecule has 0 bridgehead atoms. The minimum absolute atomic E-state index is 0.00602. The van der Waals surface area contributed by atoms with Crippen LogP contribution in [0, 0.1) is 11.8 Å². The lowest BCUT2D eigenvalue weighted by Crippen LogP contribution is -2.58. The molecule has 2 saturated heterocycles. The molecule has 0 radical (unpaired) electrons. The van der Waals surface area contributed by atoms with E-state index in [2.05, 4.69) is 20.6 Å². The Hall–Kier alpha value is -3.65. The summed E-state index contributed by atoms with van der Waals surface area (Å²) < 4.78 is 63.5. The van der Waals surface area contributed by atoms with Gasteiger partial charge in [0.15, 0.2) is 18.2 Å². The Morgan fingerprint density at radius 2 is 1.93 bits per heavy atom. The summed E-state index contributed by atoms with van der Waals surface area (Å²) in [4.78, 5) is 36.2. The van der Waals surface area contributed by atoms with Gasteiger partial charge >= 0.3 is 0 Å². The minimum atomic E-state index is -2.97. The number of nitrogens with one attached hydrogen (secondary N) is 2. The third-order valence-corrected chi connectivity index (χ3v) is 8.22. The molecule has 15 heteroatoms. The third kappa shape index (κ3) is 6.49. The van der Waals surface area contributed by atoms with E-state index in [-0.39, 0.29) is 61.1 Å². The van der Waals surface area contributed by atoms with Crippen molar-refractivity contribution >= 4 is 45.9 Å². The van der Waals surface area contributed by atoms with Crippen molar-refractivity contribution in [3.63, 3.8) is 0 Å². The molecule has 2 aliphatic rings. The number of ether oxygens (including phenoxy) is 1. The van der Waals surface area contributed by atoms with Crippen LogP contribution in [0.1, 0.15) is 13.3 Å². The van der Waals surface area contributed by atoms with E-state index < -0.39 is 42.3 Å². The normalized spacial score (nSPS) is 21.3. The SMILES string of the molecule is CNC(=O)COc1cc2cc(Nc3nc(N4CC(C)C(F)(F)C(CCN5CC(F)(F)C5)C4)ncc3Cl)ccc2n(C)c1=O. The second kappa shape index (κ2) is 11.8. The molecule has 10 nitrogen and oxygen atoms in total. The Bertz CT molecular complexity index is 1580. The van der Waals surface area contributed by atoms with E-state index in [9.17, 15) is 18.4 Å². The lowest BCUT2D eigenvalue weighted by molar-refractivity contribution is -0.143. The Morgan fingerprint density at radius 3 is 2.63 bits per heavy atom. The number of rotatable bonds is 9. The number of halogens is 5. The molecule has 0 aliphatic carbocycles. The van der Waals surface area contributed by atoms with E-state index in [0.717, 1.165) is 0 Å². The molecule has 1 aromatic carbocycles. The molecule has 0 saturated carbocycles. The predicted octanol–water partition coefficient (Wildman–Crippen LogP) is 3.90. The van der Waals surface area contributed by atoms with Crippen molar-refractivity contribution in [2.24, 2.45) is 18.9 Å². The molecule has 3 aromatic rings. The van der Waals surface area contributed by atoms with Crippen LogP contribution < -0.4 is 25.8 Å². The second-order valence-corrected chi connectivity index (χ2v) is 11.5. The van der Waals surface area contributed by atoms with Gasteiger partial charge in [0, 0.05) is 50.1 Å². The highest BCUT2D eigenvalue weighted by Gasteiger charge is 2.51. The lowest BCUT2D eigenvalue weighted by Gasteiger charge is -2.44. The molecule has 2 aliphatic heterocycles. The van der Waals surface area contributed by atoms with E-state index in [1.807, 2.05) is 0 Å². The quantitative estimate of drug-likeness (QED) is 0.345. The number of hydrogen-bond donors (Lipinski definition) is 2. The summed E-state index contributed by atoms with van der Waals surface area (Å²) in [5.41, 5.74) is 0.786. The highest BCUT2D eigenvalue weighted by atomic mass is 35.5. The number of carbonyl (C=O) groups is 1. The summed E-state index contributed by atoms with van der Waals surface area (Å²) in [6.07, 6.45) is 1.45. The van der Waals surface area contributed by atoms with Gasteiger partial charge in [-0.05, 0) is 37.2 Å². The van der Waals surface area contributed by atoms with Crippen LogP contribution in [0.25, 0.3) is 10.9 Å². The number of carbonyl (C=O) groups excluding carboxylic acids is 1. The van der Waals surface area contributed by atoms with Gasteiger partial charge in [-0.2, -0.15) is 4.98 Å². The molecule has 2 atom stereocenters. The number of piperidine rings is 1. The summed E-state index contributed by atoms with van der Waals surface area (Å²) in [5.74, 6) is -7.71. The molecule has 2 fully saturated rings.